The Balaban J connectivity index is 1.51. The molecule has 0 saturated carbocycles. The summed E-state index contributed by atoms with van der Waals surface area (Å²) in [5, 5.41) is 11.6. The number of carboxylic acid groups (broad SMARTS) is 1. The maximum Gasteiger partial charge on any atom is 0.341 e. The first-order valence-corrected chi connectivity index (χ1v) is 8.61. The maximum atomic E-state index is 12.4. The molecular weight excluding hydrogens is 352 g/mol. The molecule has 0 radical (unpaired) electrons. The predicted molar refractivity (Wildman–Crippen MR) is 94.7 cm³/mol. The van der Waals surface area contributed by atoms with E-state index in [1.165, 1.54) is 12.3 Å². The zero-order valence-electron chi connectivity index (χ0n) is 14.6. The van der Waals surface area contributed by atoms with E-state index in [0.717, 1.165) is 0 Å². The Labute approximate surface area is 155 Å². The Morgan fingerprint density at radius 1 is 1.19 bits per heavy atom. The van der Waals surface area contributed by atoms with Gasteiger partial charge in [0.25, 0.3) is 11.8 Å². The Morgan fingerprint density at radius 2 is 1.96 bits per heavy atom. The average Bonchev–Trinajstić information content (AvgIpc) is 3.21. The number of carboxylic acids is 1. The molecule has 3 rings (SSSR count). The first kappa shape index (κ1) is 18.5. The van der Waals surface area contributed by atoms with Crippen LogP contribution in [0.3, 0.4) is 0 Å². The Kier molecular flexibility index (Phi) is 5.75. The summed E-state index contributed by atoms with van der Waals surface area (Å²) in [6.07, 6.45) is 2.76. The molecule has 8 heteroatoms. The molecule has 1 aromatic carbocycles. The largest absolute Gasteiger partial charge is 0.482 e. The third-order valence-corrected chi connectivity index (χ3v) is 4.31. The summed E-state index contributed by atoms with van der Waals surface area (Å²) in [6.45, 7) is 0.603. The number of carbonyl (C=O) groups excluding carboxylic acids is 2. The van der Waals surface area contributed by atoms with Gasteiger partial charge in [0.1, 0.15) is 5.75 Å². The molecule has 2 heterocycles. The summed E-state index contributed by atoms with van der Waals surface area (Å²) < 4.78 is 10.2. The second kappa shape index (κ2) is 8.39. The molecule has 2 aromatic rings. The molecule has 1 fully saturated rings. The summed E-state index contributed by atoms with van der Waals surface area (Å²) in [5.41, 5.74) is 0.395. The second-order valence-electron chi connectivity index (χ2n) is 6.23. The standard InChI is InChI=1S/C19H20N2O6/c22-17(23)12-27-15-4-1-3-13(11-15)18(24)20-14-6-8-21(9-7-14)19(25)16-5-2-10-26-16/h1-5,10-11,14H,6-9,12H2,(H,20,24)(H,22,23). The lowest BCUT2D eigenvalue weighted by Crippen LogP contribution is -2.46. The van der Waals surface area contributed by atoms with E-state index in [1.54, 1.807) is 35.2 Å². The van der Waals surface area contributed by atoms with Crippen LogP contribution in [0.1, 0.15) is 33.8 Å². The van der Waals surface area contributed by atoms with Crippen LogP contribution in [0.25, 0.3) is 0 Å². The minimum atomic E-state index is -1.08. The van der Waals surface area contributed by atoms with Crippen molar-refractivity contribution in [1.29, 1.82) is 0 Å². The highest BCUT2D eigenvalue weighted by molar-refractivity contribution is 5.95. The van der Waals surface area contributed by atoms with Gasteiger partial charge in [-0.15, -0.1) is 0 Å². The van der Waals surface area contributed by atoms with Gasteiger partial charge in [-0.1, -0.05) is 6.07 Å². The fourth-order valence-electron chi connectivity index (χ4n) is 2.92. The summed E-state index contributed by atoms with van der Waals surface area (Å²) in [5.74, 6) is -0.847. The van der Waals surface area contributed by atoms with Crippen molar-refractivity contribution >= 4 is 17.8 Å². The van der Waals surface area contributed by atoms with Gasteiger partial charge in [-0.25, -0.2) is 4.79 Å². The quantitative estimate of drug-likeness (QED) is 0.800. The zero-order valence-corrected chi connectivity index (χ0v) is 14.6. The molecule has 8 nitrogen and oxygen atoms in total. The van der Waals surface area contributed by atoms with Gasteiger partial charge < -0.3 is 24.5 Å². The van der Waals surface area contributed by atoms with Gasteiger partial charge in [0, 0.05) is 24.7 Å². The molecule has 1 aliphatic rings. The molecular formula is C19H20N2O6. The molecule has 1 aromatic heterocycles. The van der Waals surface area contributed by atoms with E-state index >= 15 is 0 Å². The van der Waals surface area contributed by atoms with Crippen LogP contribution in [0.5, 0.6) is 5.75 Å². The van der Waals surface area contributed by atoms with Crippen molar-refractivity contribution < 1.29 is 28.6 Å². The molecule has 142 valence electrons. The van der Waals surface area contributed by atoms with Crippen molar-refractivity contribution in [3.05, 3.63) is 54.0 Å². The molecule has 1 aliphatic heterocycles. The highest BCUT2D eigenvalue weighted by Crippen LogP contribution is 2.17. The topological polar surface area (TPSA) is 109 Å². The number of hydrogen-bond donors (Lipinski definition) is 2. The van der Waals surface area contributed by atoms with Crippen LogP contribution >= 0.6 is 0 Å². The summed E-state index contributed by atoms with van der Waals surface area (Å²) in [6, 6.07) is 9.65. The van der Waals surface area contributed by atoms with Crippen molar-refractivity contribution in [2.45, 2.75) is 18.9 Å². The van der Waals surface area contributed by atoms with Crippen LogP contribution < -0.4 is 10.1 Å². The van der Waals surface area contributed by atoms with Crippen LogP contribution in [-0.4, -0.2) is 53.5 Å². The number of piperidine rings is 1. The van der Waals surface area contributed by atoms with Crippen molar-refractivity contribution in [3.8, 4) is 5.75 Å². The highest BCUT2D eigenvalue weighted by Gasteiger charge is 2.26. The van der Waals surface area contributed by atoms with Crippen molar-refractivity contribution in [3.63, 3.8) is 0 Å². The van der Waals surface area contributed by atoms with Crippen molar-refractivity contribution in [1.82, 2.24) is 10.2 Å². The minimum absolute atomic E-state index is 0.0401. The fourth-order valence-corrected chi connectivity index (χ4v) is 2.92. The van der Waals surface area contributed by atoms with Crippen LogP contribution in [0.4, 0.5) is 0 Å². The molecule has 0 bridgehead atoms. The number of nitrogens with zero attached hydrogens (tertiary/aromatic N) is 1. The number of nitrogens with one attached hydrogen (secondary N) is 1. The van der Waals surface area contributed by atoms with Crippen LogP contribution in [0.15, 0.2) is 47.1 Å². The average molecular weight is 372 g/mol. The lowest BCUT2D eigenvalue weighted by molar-refractivity contribution is -0.139. The van der Waals surface area contributed by atoms with E-state index < -0.39 is 12.6 Å². The predicted octanol–water partition coefficient (Wildman–Crippen LogP) is 1.78. The number of aliphatic carboxylic acids is 1. The van der Waals surface area contributed by atoms with Gasteiger partial charge in [-0.05, 0) is 43.2 Å². The van der Waals surface area contributed by atoms with Crippen molar-refractivity contribution in [2.24, 2.45) is 0 Å². The molecule has 27 heavy (non-hydrogen) atoms. The molecule has 1 saturated heterocycles. The van der Waals surface area contributed by atoms with E-state index in [4.69, 9.17) is 14.3 Å². The molecule has 2 N–H and O–H groups in total. The van der Waals surface area contributed by atoms with Crippen LogP contribution in [0, 0.1) is 0 Å². The van der Waals surface area contributed by atoms with Gasteiger partial charge in [0.2, 0.25) is 0 Å². The summed E-state index contributed by atoms with van der Waals surface area (Å²) >= 11 is 0. The SMILES string of the molecule is O=C(O)COc1cccc(C(=O)NC2CCN(C(=O)c3ccco3)CC2)c1. The Morgan fingerprint density at radius 3 is 2.63 bits per heavy atom. The molecule has 0 aliphatic carbocycles. The molecule has 0 spiro atoms. The van der Waals surface area contributed by atoms with E-state index in [1.807, 2.05) is 0 Å². The number of benzene rings is 1. The third kappa shape index (κ3) is 4.87. The normalized spacial score (nSPS) is 14.6. The van der Waals surface area contributed by atoms with E-state index in [2.05, 4.69) is 5.32 Å². The number of hydrogen-bond acceptors (Lipinski definition) is 5. The third-order valence-electron chi connectivity index (χ3n) is 4.31. The summed E-state index contributed by atoms with van der Waals surface area (Å²) in [7, 11) is 0. The first-order chi connectivity index (χ1) is 13.0. The smallest absolute Gasteiger partial charge is 0.341 e. The number of rotatable bonds is 6. The number of amides is 2. The van der Waals surface area contributed by atoms with E-state index in [9.17, 15) is 14.4 Å². The molecule has 0 atom stereocenters. The van der Waals surface area contributed by atoms with Crippen molar-refractivity contribution in [2.75, 3.05) is 19.7 Å². The lowest BCUT2D eigenvalue weighted by atomic mass is 10.0. The fraction of sp³-hybridized carbons (Fsp3) is 0.316. The molecule has 2 amide bonds. The van der Waals surface area contributed by atoms with Crippen LogP contribution in [-0.2, 0) is 4.79 Å². The number of furan rings is 1. The Hall–Kier alpha value is -3.29. The highest BCUT2D eigenvalue weighted by atomic mass is 16.5. The molecule has 0 unspecified atom stereocenters. The zero-order chi connectivity index (χ0) is 19.2. The second-order valence-corrected chi connectivity index (χ2v) is 6.23. The number of carbonyl (C=O) groups is 3. The van der Waals surface area contributed by atoms with E-state index in [0.29, 0.717) is 43.0 Å². The summed E-state index contributed by atoms with van der Waals surface area (Å²) in [4.78, 5) is 36.9. The van der Waals surface area contributed by atoms with Gasteiger partial charge in [-0.2, -0.15) is 0 Å². The van der Waals surface area contributed by atoms with Gasteiger partial charge in [0.15, 0.2) is 12.4 Å². The maximum absolute atomic E-state index is 12.4. The van der Waals surface area contributed by atoms with Gasteiger partial charge in [0.05, 0.1) is 6.26 Å². The number of ether oxygens (including phenoxy) is 1. The number of likely N-dealkylation sites (tertiary alicyclic amines) is 1. The monoisotopic (exact) mass is 372 g/mol. The van der Waals surface area contributed by atoms with E-state index in [-0.39, 0.29) is 17.9 Å². The van der Waals surface area contributed by atoms with Crippen LogP contribution in [0.2, 0.25) is 0 Å². The Bertz CT molecular complexity index is 809. The first-order valence-electron chi connectivity index (χ1n) is 8.61. The minimum Gasteiger partial charge on any atom is -0.482 e. The van der Waals surface area contributed by atoms with Gasteiger partial charge >= 0.3 is 5.97 Å². The van der Waals surface area contributed by atoms with Gasteiger partial charge in [-0.3, -0.25) is 9.59 Å². The lowest BCUT2D eigenvalue weighted by Gasteiger charge is -2.31.